The highest BCUT2D eigenvalue weighted by molar-refractivity contribution is 5.91. The Morgan fingerprint density at radius 1 is 1.27 bits per heavy atom. The van der Waals surface area contributed by atoms with Crippen LogP contribution < -0.4 is 5.32 Å². The zero-order valence-electron chi connectivity index (χ0n) is 12.3. The number of H-pyrrole nitrogens is 1. The largest absolute Gasteiger partial charge is 0.480 e. The lowest BCUT2D eigenvalue weighted by Gasteiger charge is -2.12. The van der Waals surface area contributed by atoms with E-state index in [2.05, 4.69) is 20.3 Å². The minimum absolute atomic E-state index is 0.517. The van der Waals surface area contributed by atoms with E-state index in [0.717, 1.165) is 16.6 Å². The van der Waals surface area contributed by atoms with Crippen molar-refractivity contribution in [2.24, 2.45) is 0 Å². The number of hydrogen-bond acceptors (Lipinski definition) is 4. The predicted molar refractivity (Wildman–Crippen MR) is 84.8 cm³/mol. The summed E-state index contributed by atoms with van der Waals surface area (Å²) in [5, 5.41) is 12.8. The van der Waals surface area contributed by atoms with E-state index in [0.29, 0.717) is 17.3 Å². The first-order chi connectivity index (χ1) is 10.5. The Bertz CT molecular complexity index is 827. The van der Waals surface area contributed by atoms with Crippen molar-refractivity contribution < 1.29 is 9.90 Å². The van der Waals surface area contributed by atoms with Gasteiger partial charge in [0.15, 0.2) is 5.82 Å². The van der Waals surface area contributed by atoms with E-state index in [9.17, 15) is 4.79 Å². The Balaban J connectivity index is 2.14. The number of anilines is 1. The number of nitrogens with one attached hydrogen (secondary N) is 2. The third kappa shape index (κ3) is 2.63. The highest BCUT2D eigenvalue weighted by atomic mass is 16.4. The van der Waals surface area contributed by atoms with E-state index in [4.69, 9.17) is 5.11 Å². The molecule has 3 N–H and O–H groups in total. The van der Waals surface area contributed by atoms with Crippen LogP contribution in [0.1, 0.15) is 12.6 Å². The number of rotatable bonds is 4. The fraction of sp³-hybridized carbons (Fsp3) is 0.188. The van der Waals surface area contributed by atoms with Gasteiger partial charge in [0.25, 0.3) is 0 Å². The highest BCUT2D eigenvalue weighted by Crippen LogP contribution is 2.25. The van der Waals surface area contributed by atoms with Gasteiger partial charge in [0.05, 0.1) is 5.39 Å². The molecule has 112 valence electrons. The zero-order valence-corrected chi connectivity index (χ0v) is 12.3. The van der Waals surface area contributed by atoms with Crippen LogP contribution in [0.15, 0.2) is 36.4 Å². The molecule has 0 aliphatic carbocycles. The van der Waals surface area contributed by atoms with Crippen LogP contribution in [-0.4, -0.2) is 32.1 Å². The van der Waals surface area contributed by atoms with Gasteiger partial charge in [-0.05, 0) is 19.9 Å². The summed E-state index contributed by atoms with van der Waals surface area (Å²) in [5.41, 5.74) is 2.51. The molecule has 3 rings (SSSR count). The van der Waals surface area contributed by atoms with Crippen molar-refractivity contribution in [2.75, 3.05) is 5.32 Å². The number of aryl methyl sites for hydroxylation is 1. The monoisotopic (exact) mass is 296 g/mol. The fourth-order valence-corrected chi connectivity index (χ4v) is 2.23. The molecule has 1 unspecified atom stereocenters. The van der Waals surface area contributed by atoms with Gasteiger partial charge in [-0.3, -0.25) is 4.79 Å². The normalized spacial score (nSPS) is 12.3. The summed E-state index contributed by atoms with van der Waals surface area (Å²) in [6, 6.07) is 10.7. The van der Waals surface area contributed by atoms with E-state index in [1.165, 1.54) is 0 Å². The van der Waals surface area contributed by atoms with Crippen LogP contribution in [0, 0.1) is 6.92 Å². The van der Waals surface area contributed by atoms with Crippen molar-refractivity contribution in [3.63, 3.8) is 0 Å². The Kier molecular flexibility index (Phi) is 3.50. The van der Waals surface area contributed by atoms with Gasteiger partial charge in [0.2, 0.25) is 0 Å². The molecule has 1 aromatic carbocycles. The maximum Gasteiger partial charge on any atom is 0.325 e. The van der Waals surface area contributed by atoms with E-state index >= 15 is 0 Å². The van der Waals surface area contributed by atoms with E-state index in [1.54, 1.807) is 6.92 Å². The summed E-state index contributed by atoms with van der Waals surface area (Å²) in [7, 11) is 0. The number of hydrogen-bond donors (Lipinski definition) is 3. The van der Waals surface area contributed by atoms with Crippen LogP contribution in [-0.2, 0) is 4.79 Å². The van der Waals surface area contributed by atoms with Crippen LogP contribution in [0.25, 0.3) is 22.4 Å². The molecule has 0 saturated heterocycles. The molecule has 0 amide bonds. The summed E-state index contributed by atoms with van der Waals surface area (Å²) in [6.07, 6.45) is 0. The number of carboxylic acid groups (broad SMARTS) is 1. The molecule has 0 fully saturated rings. The summed E-state index contributed by atoms with van der Waals surface area (Å²) >= 11 is 0. The second-order valence-electron chi connectivity index (χ2n) is 5.18. The number of aliphatic carboxylic acids is 1. The number of carboxylic acids is 1. The van der Waals surface area contributed by atoms with Gasteiger partial charge in [-0.25, -0.2) is 9.97 Å². The van der Waals surface area contributed by atoms with Crippen molar-refractivity contribution in [3.8, 4) is 11.4 Å². The molecular weight excluding hydrogens is 280 g/mol. The van der Waals surface area contributed by atoms with Gasteiger partial charge in [-0.1, -0.05) is 30.3 Å². The number of nitrogens with zero attached hydrogens (tertiary/aromatic N) is 2. The average molecular weight is 296 g/mol. The van der Waals surface area contributed by atoms with Crippen LogP contribution in [0.2, 0.25) is 0 Å². The second-order valence-corrected chi connectivity index (χ2v) is 5.18. The Hall–Kier alpha value is -2.89. The first-order valence-corrected chi connectivity index (χ1v) is 6.96. The predicted octanol–water partition coefficient (Wildman–Crippen LogP) is 2.82. The molecule has 0 bridgehead atoms. The SMILES string of the molecule is Cc1cc2c(NC(C)C(=O)O)nc(-c3ccccc3)nc2[nH]1. The summed E-state index contributed by atoms with van der Waals surface area (Å²) in [4.78, 5) is 23.3. The summed E-state index contributed by atoms with van der Waals surface area (Å²) in [6.45, 7) is 3.51. The molecule has 0 spiro atoms. The smallest absolute Gasteiger partial charge is 0.325 e. The maximum atomic E-state index is 11.1. The summed E-state index contributed by atoms with van der Waals surface area (Å²) in [5.74, 6) is 0.137. The lowest BCUT2D eigenvalue weighted by Crippen LogP contribution is -2.26. The number of carbonyl (C=O) groups is 1. The zero-order chi connectivity index (χ0) is 15.7. The minimum atomic E-state index is -0.930. The van der Waals surface area contributed by atoms with Crippen molar-refractivity contribution >= 4 is 22.8 Å². The lowest BCUT2D eigenvalue weighted by atomic mass is 10.2. The van der Waals surface area contributed by atoms with Gasteiger partial charge in [0.1, 0.15) is 17.5 Å². The first-order valence-electron chi connectivity index (χ1n) is 6.96. The van der Waals surface area contributed by atoms with Gasteiger partial charge in [-0.2, -0.15) is 0 Å². The van der Waals surface area contributed by atoms with Crippen LogP contribution in [0.4, 0.5) is 5.82 Å². The quantitative estimate of drug-likeness (QED) is 0.688. The van der Waals surface area contributed by atoms with Crippen molar-refractivity contribution in [2.45, 2.75) is 19.9 Å². The molecule has 6 nitrogen and oxygen atoms in total. The van der Waals surface area contributed by atoms with Gasteiger partial charge in [-0.15, -0.1) is 0 Å². The fourth-order valence-electron chi connectivity index (χ4n) is 2.23. The van der Waals surface area contributed by atoms with Crippen LogP contribution >= 0.6 is 0 Å². The lowest BCUT2D eigenvalue weighted by molar-refractivity contribution is -0.137. The maximum absolute atomic E-state index is 11.1. The average Bonchev–Trinajstić information content (AvgIpc) is 2.88. The molecule has 0 saturated carbocycles. The molecule has 1 atom stereocenters. The standard InChI is InChI=1S/C16H16N4O2/c1-9-8-12-14(17-9)19-13(11-6-4-3-5-7-11)20-15(12)18-10(2)16(21)22/h3-8,10H,1-2H3,(H,21,22)(H2,17,18,19,20). The molecule has 6 heteroatoms. The highest BCUT2D eigenvalue weighted by Gasteiger charge is 2.16. The Morgan fingerprint density at radius 2 is 2.00 bits per heavy atom. The molecule has 0 radical (unpaired) electrons. The molecule has 0 aliphatic heterocycles. The van der Waals surface area contributed by atoms with Gasteiger partial charge in [0, 0.05) is 11.3 Å². The summed E-state index contributed by atoms with van der Waals surface area (Å²) < 4.78 is 0. The molecule has 2 aromatic heterocycles. The first kappa shape index (κ1) is 14.1. The molecule has 22 heavy (non-hydrogen) atoms. The number of benzene rings is 1. The van der Waals surface area contributed by atoms with E-state index in [1.807, 2.05) is 43.3 Å². The third-order valence-electron chi connectivity index (χ3n) is 3.38. The molecule has 3 aromatic rings. The number of fused-ring (bicyclic) bond motifs is 1. The van der Waals surface area contributed by atoms with Crippen molar-refractivity contribution in [3.05, 3.63) is 42.1 Å². The Labute approximate surface area is 127 Å². The third-order valence-corrected chi connectivity index (χ3v) is 3.38. The second kappa shape index (κ2) is 5.48. The van der Waals surface area contributed by atoms with Crippen molar-refractivity contribution in [1.29, 1.82) is 0 Å². The number of aromatic amines is 1. The van der Waals surface area contributed by atoms with E-state index in [-0.39, 0.29) is 0 Å². The number of aromatic nitrogens is 3. The van der Waals surface area contributed by atoms with Crippen molar-refractivity contribution in [1.82, 2.24) is 15.0 Å². The topological polar surface area (TPSA) is 90.9 Å². The van der Waals surface area contributed by atoms with Crippen LogP contribution in [0.3, 0.4) is 0 Å². The van der Waals surface area contributed by atoms with Crippen LogP contribution in [0.5, 0.6) is 0 Å². The van der Waals surface area contributed by atoms with E-state index < -0.39 is 12.0 Å². The van der Waals surface area contributed by atoms with Gasteiger partial charge < -0.3 is 15.4 Å². The molecule has 2 heterocycles. The molecular formula is C16H16N4O2. The Morgan fingerprint density at radius 3 is 2.68 bits per heavy atom. The molecule has 0 aliphatic rings. The van der Waals surface area contributed by atoms with Gasteiger partial charge >= 0.3 is 5.97 Å². The minimum Gasteiger partial charge on any atom is -0.480 e.